The van der Waals surface area contributed by atoms with Crippen molar-refractivity contribution in [1.29, 1.82) is 0 Å². The third-order valence-electron chi connectivity index (χ3n) is 4.01. The van der Waals surface area contributed by atoms with Crippen molar-refractivity contribution in [3.63, 3.8) is 0 Å². The van der Waals surface area contributed by atoms with Gasteiger partial charge in [-0.2, -0.15) is 0 Å². The smallest absolute Gasteiger partial charge is 0.234 e. The highest BCUT2D eigenvalue weighted by Crippen LogP contribution is 2.26. The van der Waals surface area contributed by atoms with Crippen LogP contribution in [0.25, 0.3) is 10.8 Å². The third kappa shape index (κ3) is 5.03. The van der Waals surface area contributed by atoms with Gasteiger partial charge in [0.2, 0.25) is 5.91 Å². The van der Waals surface area contributed by atoms with Crippen LogP contribution in [0.15, 0.2) is 65.6 Å². The number of carbonyl (C=O) groups is 1. The number of amides is 1. The molecule has 0 heterocycles. The molecule has 7 heteroatoms. The molecule has 3 aromatic carbocycles. The summed E-state index contributed by atoms with van der Waals surface area (Å²) in [6.07, 6.45) is 1.11. The first-order valence-electron chi connectivity index (χ1n) is 8.18. The van der Waals surface area contributed by atoms with Crippen molar-refractivity contribution in [3.8, 4) is 0 Å². The van der Waals surface area contributed by atoms with Crippen LogP contribution in [0.5, 0.6) is 0 Å². The van der Waals surface area contributed by atoms with Gasteiger partial charge < -0.3 is 5.32 Å². The zero-order valence-electron chi connectivity index (χ0n) is 14.6. The summed E-state index contributed by atoms with van der Waals surface area (Å²) in [7, 11) is -3.37. The van der Waals surface area contributed by atoms with Gasteiger partial charge in [0.1, 0.15) is 0 Å². The summed E-state index contributed by atoms with van der Waals surface area (Å²) in [5, 5.41) is 5.34. The van der Waals surface area contributed by atoms with E-state index >= 15 is 0 Å². The van der Waals surface area contributed by atoms with Crippen molar-refractivity contribution < 1.29 is 13.2 Å². The highest BCUT2D eigenvalue weighted by atomic mass is 35.5. The van der Waals surface area contributed by atoms with Gasteiger partial charge in [0, 0.05) is 12.0 Å². The summed E-state index contributed by atoms with van der Waals surface area (Å²) in [5.74, 6) is 0.710. The number of sulfone groups is 1. The Hall–Kier alpha value is -2.02. The lowest BCUT2D eigenvalue weighted by atomic mass is 10.1. The summed E-state index contributed by atoms with van der Waals surface area (Å²) in [5.41, 5.74) is 1.47. The Morgan fingerprint density at radius 1 is 1.07 bits per heavy atom. The van der Waals surface area contributed by atoms with Crippen molar-refractivity contribution >= 4 is 55.6 Å². The molecule has 3 aromatic rings. The van der Waals surface area contributed by atoms with E-state index in [0.717, 1.165) is 6.26 Å². The highest BCUT2D eigenvalue weighted by Gasteiger charge is 2.12. The Morgan fingerprint density at radius 2 is 1.81 bits per heavy atom. The zero-order chi connectivity index (χ0) is 19.4. The van der Waals surface area contributed by atoms with Crippen LogP contribution in [0, 0.1) is 0 Å². The predicted molar refractivity (Wildman–Crippen MR) is 113 cm³/mol. The SMILES string of the molecule is CS(=O)(=O)c1ccc(Cl)c(NC(=O)CSCc2cccc3ccccc23)c1. The van der Waals surface area contributed by atoms with Crippen LogP contribution in [0.4, 0.5) is 5.69 Å². The normalized spacial score (nSPS) is 11.5. The summed E-state index contributed by atoms with van der Waals surface area (Å²) < 4.78 is 23.3. The first-order valence-corrected chi connectivity index (χ1v) is 11.6. The minimum absolute atomic E-state index is 0.116. The van der Waals surface area contributed by atoms with E-state index in [1.807, 2.05) is 18.2 Å². The van der Waals surface area contributed by atoms with E-state index in [0.29, 0.717) is 16.5 Å². The topological polar surface area (TPSA) is 63.2 Å². The summed E-state index contributed by atoms with van der Waals surface area (Å²) in [6.45, 7) is 0. The van der Waals surface area contributed by atoms with Gasteiger partial charge in [-0.25, -0.2) is 8.42 Å². The van der Waals surface area contributed by atoms with E-state index in [2.05, 4.69) is 29.6 Å². The van der Waals surface area contributed by atoms with E-state index in [1.54, 1.807) is 0 Å². The number of hydrogen-bond acceptors (Lipinski definition) is 4. The van der Waals surface area contributed by atoms with Crippen molar-refractivity contribution in [2.45, 2.75) is 10.6 Å². The zero-order valence-corrected chi connectivity index (χ0v) is 17.0. The number of nitrogens with one attached hydrogen (secondary N) is 1. The summed E-state index contributed by atoms with van der Waals surface area (Å²) >= 11 is 7.56. The van der Waals surface area contributed by atoms with Crippen LogP contribution in [0.3, 0.4) is 0 Å². The van der Waals surface area contributed by atoms with Gasteiger partial charge in [-0.15, -0.1) is 11.8 Å². The number of anilines is 1. The van der Waals surface area contributed by atoms with Crippen LogP contribution >= 0.6 is 23.4 Å². The molecule has 0 aliphatic heterocycles. The molecule has 0 aliphatic carbocycles. The number of benzene rings is 3. The molecule has 0 unspecified atom stereocenters. The van der Waals surface area contributed by atoms with Crippen molar-refractivity contribution in [3.05, 3.63) is 71.2 Å². The number of hydrogen-bond donors (Lipinski definition) is 1. The van der Waals surface area contributed by atoms with E-state index in [-0.39, 0.29) is 16.6 Å². The van der Waals surface area contributed by atoms with Gasteiger partial charge in [0.15, 0.2) is 9.84 Å². The average molecular weight is 420 g/mol. The average Bonchev–Trinajstić information content (AvgIpc) is 2.63. The monoisotopic (exact) mass is 419 g/mol. The number of carbonyl (C=O) groups excluding carboxylic acids is 1. The fourth-order valence-corrected chi connectivity index (χ4v) is 4.33. The molecule has 0 bridgehead atoms. The molecule has 0 fully saturated rings. The molecular formula is C20H18ClNO3S2. The number of thioether (sulfide) groups is 1. The largest absolute Gasteiger partial charge is 0.324 e. The van der Waals surface area contributed by atoms with Gasteiger partial charge in [-0.3, -0.25) is 4.79 Å². The summed E-state index contributed by atoms with van der Waals surface area (Å²) in [4.78, 5) is 12.4. The van der Waals surface area contributed by atoms with Crippen molar-refractivity contribution in [1.82, 2.24) is 0 Å². The maximum Gasteiger partial charge on any atom is 0.234 e. The van der Waals surface area contributed by atoms with Crippen LogP contribution in [0.1, 0.15) is 5.56 Å². The van der Waals surface area contributed by atoms with Crippen molar-refractivity contribution in [2.24, 2.45) is 0 Å². The lowest BCUT2D eigenvalue weighted by molar-refractivity contribution is -0.113. The van der Waals surface area contributed by atoms with E-state index in [4.69, 9.17) is 11.6 Å². The standard InChI is InChI=1S/C20H18ClNO3S2/c1-27(24,25)16-9-10-18(21)19(11-16)22-20(23)13-26-12-15-7-4-6-14-5-2-3-8-17(14)15/h2-11H,12-13H2,1H3,(H,22,23). The lowest BCUT2D eigenvalue weighted by Gasteiger charge is -2.10. The number of halogens is 1. The molecule has 0 spiro atoms. The molecule has 3 rings (SSSR count). The molecule has 140 valence electrons. The molecule has 27 heavy (non-hydrogen) atoms. The van der Waals surface area contributed by atoms with Crippen LogP contribution in [0.2, 0.25) is 5.02 Å². The Balaban J connectivity index is 1.63. The maximum absolute atomic E-state index is 12.2. The third-order valence-corrected chi connectivity index (χ3v) is 6.43. The minimum Gasteiger partial charge on any atom is -0.324 e. The second-order valence-corrected chi connectivity index (χ2v) is 9.50. The summed E-state index contributed by atoms with van der Waals surface area (Å²) in [6, 6.07) is 18.5. The van der Waals surface area contributed by atoms with Crippen LogP contribution in [-0.4, -0.2) is 26.3 Å². The Bertz CT molecular complexity index is 1090. The minimum atomic E-state index is -3.37. The highest BCUT2D eigenvalue weighted by molar-refractivity contribution is 7.99. The van der Waals surface area contributed by atoms with Gasteiger partial charge in [-0.1, -0.05) is 54.1 Å². The molecule has 0 radical (unpaired) electrons. The first-order chi connectivity index (χ1) is 12.8. The molecule has 0 saturated carbocycles. The number of rotatable bonds is 6. The quantitative estimate of drug-likeness (QED) is 0.625. The molecule has 1 amide bonds. The maximum atomic E-state index is 12.2. The lowest BCUT2D eigenvalue weighted by Crippen LogP contribution is -2.15. The molecule has 0 atom stereocenters. The van der Waals surface area contributed by atoms with E-state index < -0.39 is 9.84 Å². The Labute approximate surface area is 167 Å². The molecule has 4 nitrogen and oxygen atoms in total. The molecule has 0 saturated heterocycles. The second-order valence-electron chi connectivity index (χ2n) is 6.09. The van der Waals surface area contributed by atoms with Crippen LogP contribution < -0.4 is 5.32 Å². The van der Waals surface area contributed by atoms with Crippen molar-refractivity contribution in [2.75, 3.05) is 17.3 Å². The predicted octanol–water partition coefficient (Wildman–Crippen LogP) is 4.77. The van der Waals surface area contributed by atoms with Crippen LogP contribution in [-0.2, 0) is 20.4 Å². The second kappa shape index (κ2) is 8.33. The molecule has 0 aromatic heterocycles. The van der Waals surface area contributed by atoms with E-state index in [9.17, 15) is 13.2 Å². The van der Waals surface area contributed by atoms with Gasteiger partial charge in [0.25, 0.3) is 0 Å². The molecule has 1 N–H and O–H groups in total. The Kier molecular flexibility index (Phi) is 6.09. The molecule has 0 aliphatic rings. The molecular weight excluding hydrogens is 402 g/mol. The number of fused-ring (bicyclic) bond motifs is 1. The first kappa shape index (κ1) is 19.7. The fraction of sp³-hybridized carbons (Fsp3) is 0.150. The van der Waals surface area contributed by atoms with Gasteiger partial charge >= 0.3 is 0 Å². The van der Waals surface area contributed by atoms with Gasteiger partial charge in [0.05, 0.1) is 21.4 Å². The Morgan fingerprint density at radius 3 is 2.59 bits per heavy atom. The van der Waals surface area contributed by atoms with Gasteiger partial charge in [-0.05, 0) is 34.5 Å². The van der Waals surface area contributed by atoms with E-state index in [1.165, 1.54) is 46.3 Å². The fourth-order valence-electron chi connectivity index (χ4n) is 2.69.